The minimum atomic E-state index is -0.0443. The Bertz CT molecular complexity index is 1190. The van der Waals surface area contributed by atoms with Crippen molar-refractivity contribution >= 4 is 28.1 Å². The van der Waals surface area contributed by atoms with Crippen LogP contribution in [0.1, 0.15) is 22.9 Å². The summed E-state index contributed by atoms with van der Waals surface area (Å²) >= 11 is 0. The molecule has 7 heteroatoms. The van der Waals surface area contributed by atoms with Crippen molar-refractivity contribution < 1.29 is 4.42 Å². The lowest BCUT2D eigenvalue weighted by atomic mass is 9.88. The van der Waals surface area contributed by atoms with Gasteiger partial charge in [0.15, 0.2) is 11.5 Å². The number of nitrogen functional groups attached to an aromatic ring is 1. The van der Waals surface area contributed by atoms with E-state index in [4.69, 9.17) is 10.2 Å². The summed E-state index contributed by atoms with van der Waals surface area (Å²) in [5.41, 5.74) is 10.9. The number of anilines is 1. The van der Waals surface area contributed by atoms with E-state index in [1.54, 1.807) is 0 Å². The molecule has 132 valence electrons. The molecule has 27 heavy (non-hydrogen) atoms. The fourth-order valence-corrected chi connectivity index (χ4v) is 3.42. The summed E-state index contributed by atoms with van der Waals surface area (Å²) in [7, 11) is 0. The lowest BCUT2D eigenvalue weighted by Crippen LogP contribution is -2.08. The summed E-state index contributed by atoms with van der Waals surface area (Å²) in [5, 5.41) is 11.0. The number of para-hydroxylation sites is 2. The highest BCUT2D eigenvalue weighted by molar-refractivity contribution is 5.77. The third kappa shape index (κ3) is 2.79. The maximum Gasteiger partial charge on any atom is 0.203 e. The molecule has 1 atom stereocenters. The highest BCUT2D eigenvalue weighted by Gasteiger charge is 2.23. The van der Waals surface area contributed by atoms with Gasteiger partial charge in [0.2, 0.25) is 5.65 Å². The maximum absolute atomic E-state index is 6.02. The van der Waals surface area contributed by atoms with E-state index in [0.29, 0.717) is 29.3 Å². The van der Waals surface area contributed by atoms with Gasteiger partial charge in [-0.1, -0.05) is 42.5 Å². The maximum atomic E-state index is 6.02. The second-order valence-electron chi connectivity index (χ2n) is 6.37. The third-order valence-electron chi connectivity index (χ3n) is 4.64. The Hall–Kier alpha value is -3.74. The molecule has 0 amide bonds. The van der Waals surface area contributed by atoms with E-state index in [1.807, 2.05) is 48.5 Å². The van der Waals surface area contributed by atoms with Gasteiger partial charge in [-0.3, -0.25) is 0 Å². The van der Waals surface area contributed by atoms with E-state index < -0.39 is 0 Å². The van der Waals surface area contributed by atoms with Gasteiger partial charge in [-0.15, -0.1) is 5.10 Å². The van der Waals surface area contributed by atoms with Crippen molar-refractivity contribution in [1.29, 1.82) is 0 Å². The summed E-state index contributed by atoms with van der Waals surface area (Å²) < 4.78 is 5.96. The molecule has 3 N–H and O–H groups in total. The molecule has 5 rings (SSSR count). The van der Waals surface area contributed by atoms with E-state index in [-0.39, 0.29) is 5.92 Å². The number of oxazole rings is 1. The number of hydrogen-bond acceptors (Lipinski definition) is 6. The lowest BCUT2D eigenvalue weighted by Gasteiger charge is -2.17. The molecular weight excluding hydrogens is 340 g/mol. The summed E-state index contributed by atoms with van der Waals surface area (Å²) in [6.45, 7) is 0. The van der Waals surface area contributed by atoms with Crippen LogP contribution >= 0.6 is 0 Å². The van der Waals surface area contributed by atoms with E-state index in [1.165, 1.54) is 0 Å². The van der Waals surface area contributed by atoms with Crippen LogP contribution in [0.25, 0.3) is 22.3 Å². The standard InChI is InChI=1S/C20H16N6O/c21-17-10-14(19-20(23-17)25-26-24-19)13(12-6-2-1-3-7-12)11-18-22-15-8-4-5-9-16(15)27-18/h1-10,13H,11H2,(H3,21,23,24,25,26). The van der Waals surface area contributed by atoms with Gasteiger partial charge in [0.05, 0.1) is 0 Å². The number of hydrogen-bond donors (Lipinski definition) is 2. The third-order valence-corrected chi connectivity index (χ3v) is 4.64. The van der Waals surface area contributed by atoms with Gasteiger partial charge in [0.1, 0.15) is 16.9 Å². The van der Waals surface area contributed by atoms with Crippen molar-refractivity contribution in [2.75, 3.05) is 5.73 Å². The number of aromatic amines is 1. The topological polar surface area (TPSA) is 107 Å². The minimum absolute atomic E-state index is 0.0443. The lowest BCUT2D eigenvalue weighted by molar-refractivity contribution is 0.515. The Morgan fingerprint density at radius 3 is 2.63 bits per heavy atom. The normalized spacial score (nSPS) is 12.6. The molecule has 0 aliphatic rings. The van der Waals surface area contributed by atoms with E-state index in [0.717, 1.165) is 22.2 Å². The van der Waals surface area contributed by atoms with Gasteiger partial charge in [-0.2, -0.15) is 10.3 Å². The number of H-pyrrole nitrogens is 1. The summed E-state index contributed by atoms with van der Waals surface area (Å²) in [5.74, 6) is 1.03. The van der Waals surface area contributed by atoms with Crippen molar-refractivity contribution in [2.24, 2.45) is 0 Å². The first-order chi connectivity index (χ1) is 13.3. The number of nitrogens with zero attached hydrogens (tertiary/aromatic N) is 4. The quantitative estimate of drug-likeness (QED) is 0.511. The van der Waals surface area contributed by atoms with Crippen molar-refractivity contribution in [3.8, 4) is 0 Å². The zero-order valence-electron chi connectivity index (χ0n) is 14.3. The highest BCUT2D eigenvalue weighted by Crippen LogP contribution is 2.33. The zero-order valence-corrected chi connectivity index (χ0v) is 14.3. The van der Waals surface area contributed by atoms with Crippen LogP contribution in [-0.2, 0) is 6.42 Å². The fraction of sp³-hybridized carbons (Fsp3) is 0.100. The molecule has 3 aromatic heterocycles. The first-order valence-electron chi connectivity index (χ1n) is 8.64. The highest BCUT2D eigenvalue weighted by atomic mass is 16.3. The molecule has 1 unspecified atom stereocenters. The predicted molar refractivity (Wildman–Crippen MR) is 102 cm³/mol. The summed E-state index contributed by atoms with van der Waals surface area (Å²) in [6.07, 6.45) is 0.574. The Kier molecular flexibility index (Phi) is 3.57. The number of nitrogens with two attached hydrogens (primary N) is 1. The summed E-state index contributed by atoms with van der Waals surface area (Å²) in [6, 6.07) is 19.8. The van der Waals surface area contributed by atoms with Gasteiger partial charge in [0.25, 0.3) is 0 Å². The number of fused-ring (bicyclic) bond motifs is 2. The average molecular weight is 356 g/mol. The van der Waals surface area contributed by atoms with Crippen molar-refractivity contribution in [1.82, 2.24) is 25.4 Å². The molecular formula is C20H16N6O. The zero-order chi connectivity index (χ0) is 18.2. The largest absolute Gasteiger partial charge is 0.441 e. The number of rotatable bonds is 4. The molecule has 0 aliphatic heterocycles. The van der Waals surface area contributed by atoms with Crippen LogP contribution in [0.3, 0.4) is 0 Å². The molecule has 0 aliphatic carbocycles. The smallest absolute Gasteiger partial charge is 0.203 e. The molecule has 2 aromatic carbocycles. The van der Waals surface area contributed by atoms with Crippen molar-refractivity contribution in [2.45, 2.75) is 12.3 Å². The molecule has 7 nitrogen and oxygen atoms in total. The molecule has 0 radical (unpaired) electrons. The van der Waals surface area contributed by atoms with Crippen LogP contribution in [0.4, 0.5) is 5.82 Å². The Labute approximate surface area is 154 Å². The van der Waals surface area contributed by atoms with Gasteiger partial charge in [-0.05, 0) is 29.3 Å². The number of aromatic nitrogens is 5. The van der Waals surface area contributed by atoms with E-state index in [9.17, 15) is 0 Å². The average Bonchev–Trinajstić information content (AvgIpc) is 3.32. The number of nitrogens with one attached hydrogen (secondary N) is 1. The molecule has 0 fully saturated rings. The van der Waals surface area contributed by atoms with Gasteiger partial charge in [0, 0.05) is 12.3 Å². The SMILES string of the molecule is Nc1cc(C(Cc2nc3ccccc3o2)c2ccccc2)c2n[nH]nc2n1. The molecule has 5 aromatic rings. The van der Waals surface area contributed by atoms with Crippen LogP contribution in [-0.4, -0.2) is 25.4 Å². The van der Waals surface area contributed by atoms with Crippen LogP contribution in [0.15, 0.2) is 65.1 Å². The van der Waals surface area contributed by atoms with Gasteiger partial charge < -0.3 is 10.2 Å². The first kappa shape index (κ1) is 15.5. The van der Waals surface area contributed by atoms with Crippen molar-refractivity contribution in [3.63, 3.8) is 0 Å². The second kappa shape index (κ2) is 6.21. The summed E-state index contributed by atoms with van der Waals surface area (Å²) in [4.78, 5) is 8.88. The molecule has 0 saturated heterocycles. The Balaban J connectivity index is 1.66. The van der Waals surface area contributed by atoms with Crippen LogP contribution in [0.5, 0.6) is 0 Å². The molecule has 0 bridgehead atoms. The van der Waals surface area contributed by atoms with Crippen LogP contribution in [0.2, 0.25) is 0 Å². The predicted octanol–water partition coefficient (Wildman–Crippen LogP) is 3.45. The van der Waals surface area contributed by atoms with Crippen molar-refractivity contribution in [3.05, 3.63) is 77.7 Å². The Morgan fingerprint density at radius 2 is 1.78 bits per heavy atom. The minimum Gasteiger partial charge on any atom is -0.441 e. The molecule has 3 heterocycles. The number of pyridine rings is 1. The fourth-order valence-electron chi connectivity index (χ4n) is 3.42. The van der Waals surface area contributed by atoms with Gasteiger partial charge >= 0.3 is 0 Å². The monoisotopic (exact) mass is 356 g/mol. The van der Waals surface area contributed by atoms with Crippen LogP contribution < -0.4 is 5.73 Å². The van der Waals surface area contributed by atoms with E-state index in [2.05, 4.69) is 37.5 Å². The van der Waals surface area contributed by atoms with Crippen LogP contribution in [0, 0.1) is 0 Å². The Morgan fingerprint density at radius 1 is 0.963 bits per heavy atom. The molecule has 0 spiro atoms. The molecule has 0 saturated carbocycles. The second-order valence-corrected chi connectivity index (χ2v) is 6.37. The van der Waals surface area contributed by atoms with Gasteiger partial charge in [-0.25, -0.2) is 9.97 Å². The van der Waals surface area contributed by atoms with E-state index >= 15 is 0 Å². The number of benzene rings is 2. The first-order valence-corrected chi connectivity index (χ1v) is 8.64.